The molecule has 2 aliphatic carbocycles. The summed E-state index contributed by atoms with van der Waals surface area (Å²) in [4.78, 5) is 67.2. The molecule has 15 nitrogen and oxygen atoms in total. The number of amides is 5. The normalized spacial score (nSPS) is 27.4. The number of piperidine rings is 2. The number of likely N-dealkylation sites (tertiary alicyclic amines) is 1. The first kappa shape index (κ1) is 36.7. The fraction of sp³-hybridized carbons (Fsp3) is 0.512. The third kappa shape index (κ3) is 6.72. The maximum Gasteiger partial charge on any atom is 0.320 e. The van der Waals surface area contributed by atoms with Crippen LogP contribution in [0, 0.1) is 17.8 Å². The lowest BCUT2D eigenvalue weighted by molar-refractivity contribution is -0.134. The molecule has 0 spiro atoms. The number of anilines is 3. The van der Waals surface area contributed by atoms with Crippen LogP contribution < -0.4 is 21.3 Å². The van der Waals surface area contributed by atoms with Crippen LogP contribution in [0.4, 0.5) is 22.1 Å². The molecular formula is C43H50N10O5. The summed E-state index contributed by atoms with van der Waals surface area (Å²) >= 11 is 0. The largest absolute Gasteiger partial charge is 0.364 e. The summed E-state index contributed by atoms with van der Waals surface area (Å²) in [6, 6.07) is 12.9. The van der Waals surface area contributed by atoms with E-state index in [0.717, 1.165) is 81.6 Å². The van der Waals surface area contributed by atoms with Crippen LogP contribution in [0.5, 0.6) is 0 Å². The molecule has 4 saturated heterocycles. The van der Waals surface area contributed by atoms with Crippen LogP contribution in [0.2, 0.25) is 0 Å². The standard InChI is InChI=1S/C43H50N10O5/c1-50-13-14-53(43(50)57)31-3-2-12-52(23-31)35-19-45-38(40(44)55)41(47-35)46-30-7-4-25(5-8-30)27-17-28-21-51(22-29(28)18-27)20-24-15-26-6-9-32-37(49-58-39(32)34(26)16-24)33-10-11-36(54)48-42(33)56/h4-9,19,24,27-29,31,33H,2-3,10-18,20-23H2,1H3,(H2,44,55)(H,46,47)(H,48,54,56)/t24?,27?,28-,29?,31-,33?/m1/s1. The minimum atomic E-state index is -0.642. The van der Waals surface area contributed by atoms with Crippen LogP contribution >= 0.6 is 0 Å². The molecule has 6 atom stereocenters. The predicted octanol–water partition coefficient (Wildman–Crippen LogP) is 4.16. The van der Waals surface area contributed by atoms with Crippen molar-refractivity contribution in [3.63, 3.8) is 0 Å². The highest BCUT2D eigenvalue weighted by Gasteiger charge is 2.42. The van der Waals surface area contributed by atoms with E-state index in [0.29, 0.717) is 60.4 Å². The zero-order valence-corrected chi connectivity index (χ0v) is 32.9. The molecule has 4 unspecified atom stereocenters. The van der Waals surface area contributed by atoms with Crippen molar-refractivity contribution >= 4 is 52.0 Å². The highest BCUT2D eigenvalue weighted by molar-refractivity contribution is 6.02. The fourth-order valence-electron chi connectivity index (χ4n) is 10.9. The predicted molar refractivity (Wildman–Crippen MR) is 216 cm³/mol. The molecule has 4 aromatic rings. The van der Waals surface area contributed by atoms with Crippen molar-refractivity contribution in [3.8, 4) is 0 Å². The first-order valence-corrected chi connectivity index (χ1v) is 20.9. The number of primary amides is 1. The molecule has 15 heteroatoms. The number of aromatic nitrogens is 3. The van der Waals surface area contributed by atoms with E-state index >= 15 is 0 Å². The molecule has 1 saturated carbocycles. The second-order valence-corrected chi connectivity index (χ2v) is 17.5. The Kier molecular flexibility index (Phi) is 9.29. The van der Waals surface area contributed by atoms with Crippen molar-refractivity contribution in [3.05, 3.63) is 70.7 Å². The van der Waals surface area contributed by atoms with Gasteiger partial charge in [0.25, 0.3) is 5.91 Å². The Hall–Kier alpha value is -5.57. The number of nitrogens with two attached hydrogens (primary N) is 1. The molecule has 2 aromatic carbocycles. The van der Waals surface area contributed by atoms with Crippen LogP contribution in [0.3, 0.4) is 0 Å². The number of hydrogen-bond acceptors (Lipinski definition) is 11. The van der Waals surface area contributed by atoms with Gasteiger partial charge in [0.1, 0.15) is 11.5 Å². The van der Waals surface area contributed by atoms with Gasteiger partial charge in [-0.15, -0.1) is 0 Å². The Labute approximate surface area is 336 Å². The maximum absolute atomic E-state index is 12.7. The number of imide groups is 1. The molecular weight excluding hydrogens is 737 g/mol. The smallest absolute Gasteiger partial charge is 0.320 e. The van der Waals surface area contributed by atoms with Gasteiger partial charge in [-0.2, -0.15) is 0 Å². The third-order valence-corrected chi connectivity index (χ3v) is 13.8. The number of rotatable bonds is 9. The van der Waals surface area contributed by atoms with Gasteiger partial charge in [0.05, 0.1) is 18.2 Å². The zero-order valence-electron chi connectivity index (χ0n) is 32.9. The first-order valence-electron chi connectivity index (χ1n) is 20.9. The molecule has 4 N–H and O–H groups in total. The lowest BCUT2D eigenvalue weighted by Crippen LogP contribution is -2.49. The van der Waals surface area contributed by atoms with Crippen LogP contribution in [0.15, 0.2) is 47.1 Å². The fourth-order valence-corrected chi connectivity index (χ4v) is 10.9. The van der Waals surface area contributed by atoms with Gasteiger partial charge in [-0.3, -0.25) is 19.7 Å². The number of benzene rings is 2. The average molecular weight is 787 g/mol. The first-order chi connectivity index (χ1) is 28.1. The summed E-state index contributed by atoms with van der Waals surface area (Å²) in [5.74, 6) is 1.76. The van der Waals surface area contributed by atoms with Gasteiger partial charge in [0, 0.05) is 75.9 Å². The van der Waals surface area contributed by atoms with Crippen LogP contribution in [0.1, 0.15) is 83.2 Å². The monoisotopic (exact) mass is 786 g/mol. The molecule has 5 amide bonds. The van der Waals surface area contributed by atoms with Gasteiger partial charge < -0.3 is 35.2 Å². The van der Waals surface area contributed by atoms with Gasteiger partial charge in [-0.05, 0) is 97.9 Å². The van der Waals surface area contributed by atoms with E-state index in [1.165, 1.54) is 29.5 Å². The number of carbonyl (C=O) groups excluding carboxylic acids is 4. The van der Waals surface area contributed by atoms with E-state index in [1.54, 1.807) is 11.1 Å². The highest BCUT2D eigenvalue weighted by Crippen LogP contribution is 2.47. The molecule has 10 rings (SSSR count). The van der Waals surface area contributed by atoms with Crippen LogP contribution in [-0.4, -0.2) is 112 Å². The quantitative estimate of drug-likeness (QED) is 0.207. The molecule has 0 radical (unpaired) electrons. The van der Waals surface area contributed by atoms with Crippen molar-refractivity contribution in [1.82, 2.24) is 35.1 Å². The van der Waals surface area contributed by atoms with Crippen molar-refractivity contribution in [2.24, 2.45) is 23.5 Å². The van der Waals surface area contributed by atoms with Gasteiger partial charge in [-0.25, -0.2) is 14.8 Å². The minimum absolute atomic E-state index is 0.0724. The second kappa shape index (κ2) is 14.7. The van der Waals surface area contributed by atoms with Gasteiger partial charge >= 0.3 is 6.03 Å². The number of nitrogens with one attached hydrogen (secondary N) is 2. The van der Waals surface area contributed by atoms with E-state index in [9.17, 15) is 19.2 Å². The topological polar surface area (TPSA) is 183 Å². The summed E-state index contributed by atoms with van der Waals surface area (Å²) < 4.78 is 5.89. The molecule has 58 heavy (non-hydrogen) atoms. The van der Waals surface area contributed by atoms with E-state index in [4.69, 9.17) is 15.2 Å². The molecule has 4 aliphatic heterocycles. The van der Waals surface area contributed by atoms with E-state index in [2.05, 4.69) is 60.9 Å². The zero-order chi connectivity index (χ0) is 39.7. The molecule has 0 bridgehead atoms. The van der Waals surface area contributed by atoms with Crippen molar-refractivity contribution in [2.75, 3.05) is 63.1 Å². The summed E-state index contributed by atoms with van der Waals surface area (Å²) in [6.07, 6.45) is 8.58. The molecule has 2 aromatic heterocycles. The number of fused-ring (bicyclic) bond motifs is 4. The Morgan fingerprint density at radius 1 is 0.983 bits per heavy atom. The van der Waals surface area contributed by atoms with Gasteiger partial charge in [0.2, 0.25) is 11.8 Å². The maximum atomic E-state index is 12.7. The summed E-state index contributed by atoms with van der Waals surface area (Å²) in [5, 5.41) is 11.0. The SMILES string of the molecule is CN1CCN([C@@H]2CCCN(c3cnc(C(N)=O)c(Nc4ccc(C5CC6CN(CC7Cc8ccc9c(C%10CCC(=O)NC%10=O)noc9c8C7)C[C@H]6C5)cc4)n3)C2)C1=O. The molecule has 302 valence electrons. The van der Waals surface area contributed by atoms with Crippen molar-refractivity contribution in [1.29, 1.82) is 0 Å². The Morgan fingerprint density at radius 3 is 2.53 bits per heavy atom. The number of likely N-dealkylation sites (N-methyl/N-ethyl adjacent to an activating group) is 1. The number of urea groups is 1. The van der Waals surface area contributed by atoms with E-state index in [1.807, 2.05) is 18.0 Å². The minimum Gasteiger partial charge on any atom is -0.364 e. The van der Waals surface area contributed by atoms with E-state index in [-0.39, 0.29) is 29.6 Å². The van der Waals surface area contributed by atoms with Crippen LogP contribution in [0.25, 0.3) is 11.0 Å². The third-order valence-electron chi connectivity index (χ3n) is 13.8. The lowest BCUT2D eigenvalue weighted by Gasteiger charge is -2.37. The average Bonchev–Trinajstić information content (AvgIpc) is 4.05. The molecule has 6 heterocycles. The Bertz CT molecular complexity index is 2280. The summed E-state index contributed by atoms with van der Waals surface area (Å²) in [7, 11) is 1.84. The molecule has 5 fully saturated rings. The van der Waals surface area contributed by atoms with Crippen molar-refractivity contribution < 1.29 is 23.7 Å². The molecule has 6 aliphatic rings. The number of carbonyl (C=O) groups is 4. The number of hydrogen-bond donors (Lipinski definition) is 3. The van der Waals surface area contributed by atoms with Gasteiger partial charge in [0.15, 0.2) is 17.1 Å². The summed E-state index contributed by atoms with van der Waals surface area (Å²) in [6.45, 7) is 6.24. The Balaban J connectivity index is 0.745. The highest BCUT2D eigenvalue weighted by atomic mass is 16.5. The van der Waals surface area contributed by atoms with Gasteiger partial charge in [-0.1, -0.05) is 23.4 Å². The van der Waals surface area contributed by atoms with Crippen molar-refractivity contribution in [2.45, 2.75) is 69.2 Å². The summed E-state index contributed by atoms with van der Waals surface area (Å²) in [5.41, 5.74) is 12.0. The lowest BCUT2D eigenvalue weighted by atomic mass is 9.92. The Morgan fingerprint density at radius 2 is 1.79 bits per heavy atom. The van der Waals surface area contributed by atoms with Crippen LogP contribution in [-0.2, 0) is 22.4 Å². The van der Waals surface area contributed by atoms with E-state index < -0.39 is 11.8 Å². The number of nitrogens with zero attached hydrogens (tertiary/aromatic N) is 7. The second-order valence-electron chi connectivity index (χ2n) is 17.5.